The van der Waals surface area contributed by atoms with Crippen LogP contribution in [-0.4, -0.2) is 23.6 Å². The molecule has 0 spiro atoms. The van der Waals surface area contributed by atoms with Crippen LogP contribution >= 0.6 is 11.8 Å². The van der Waals surface area contributed by atoms with E-state index in [1.54, 1.807) is 0 Å². The molecule has 3 heteroatoms. The molecule has 126 valence electrons. The maximum Gasteiger partial charge on any atom is 0.293 e. The van der Waals surface area contributed by atoms with Crippen LogP contribution in [0, 0.1) is 0 Å². The number of carbonyl (C=O) groups excluding carboxylic acids is 1. The van der Waals surface area contributed by atoms with Gasteiger partial charge in [0.05, 0.1) is 0 Å². The SMILES string of the molecule is O=COC1CCCCC1SCCc1ccc(-c2ccccc2)cc1. The molecule has 2 aromatic carbocycles. The van der Waals surface area contributed by atoms with Gasteiger partial charge in [0.2, 0.25) is 0 Å². The van der Waals surface area contributed by atoms with Crippen molar-refractivity contribution in [2.45, 2.75) is 43.5 Å². The summed E-state index contributed by atoms with van der Waals surface area (Å²) in [6, 6.07) is 19.3. The number of carbonyl (C=O) groups is 1. The largest absolute Gasteiger partial charge is 0.463 e. The summed E-state index contributed by atoms with van der Waals surface area (Å²) < 4.78 is 5.26. The van der Waals surface area contributed by atoms with Gasteiger partial charge in [-0.05, 0) is 48.1 Å². The average molecular weight is 340 g/mol. The number of hydrogen-bond donors (Lipinski definition) is 0. The number of benzene rings is 2. The molecule has 3 rings (SSSR count). The first kappa shape index (κ1) is 17.1. The maximum atomic E-state index is 10.6. The molecule has 2 atom stereocenters. The second-order valence-electron chi connectivity index (χ2n) is 6.28. The fourth-order valence-corrected chi connectivity index (χ4v) is 4.71. The first-order valence-electron chi connectivity index (χ1n) is 8.72. The molecule has 24 heavy (non-hydrogen) atoms. The molecule has 1 aliphatic carbocycles. The summed E-state index contributed by atoms with van der Waals surface area (Å²) in [5, 5.41) is 0.465. The van der Waals surface area contributed by atoms with Gasteiger partial charge in [-0.25, -0.2) is 0 Å². The van der Waals surface area contributed by atoms with E-state index in [0.29, 0.717) is 11.7 Å². The molecule has 0 amide bonds. The minimum atomic E-state index is 0.113. The van der Waals surface area contributed by atoms with Crippen molar-refractivity contribution in [2.24, 2.45) is 0 Å². The van der Waals surface area contributed by atoms with Crippen LogP contribution in [0.25, 0.3) is 11.1 Å². The monoisotopic (exact) mass is 340 g/mol. The third kappa shape index (κ3) is 4.64. The van der Waals surface area contributed by atoms with Crippen molar-refractivity contribution < 1.29 is 9.53 Å². The molecular weight excluding hydrogens is 316 g/mol. The highest BCUT2D eigenvalue weighted by Crippen LogP contribution is 2.31. The van der Waals surface area contributed by atoms with Crippen LogP contribution in [-0.2, 0) is 16.0 Å². The van der Waals surface area contributed by atoms with Gasteiger partial charge in [-0.2, -0.15) is 11.8 Å². The van der Waals surface area contributed by atoms with Crippen LogP contribution in [0.4, 0.5) is 0 Å². The molecule has 0 radical (unpaired) electrons. The number of aryl methyl sites for hydroxylation is 1. The zero-order chi connectivity index (χ0) is 16.6. The molecule has 1 fully saturated rings. The average Bonchev–Trinajstić information content (AvgIpc) is 2.65. The molecule has 0 N–H and O–H groups in total. The van der Waals surface area contributed by atoms with E-state index in [4.69, 9.17) is 4.74 Å². The molecule has 0 aromatic heterocycles. The topological polar surface area (TPSA) is 26.3 Å². The predicted octanol–water partition coefficient (Wildman–Crippen LogP) is 5.11. The second kappa shape index (κ2) is 8.93. The fraction of sp³-hybridized carbons (Fsp3) is 0.381. The second-order valence-corrected chi connectivity index (χ2v) is 7.62. The van der Waals surface area contributed by atoms with Crippen LogP contribution in [0.2, 0.25) is 0 Å². The smallest absolute Gasteiger partial charge is 0.293 e. The number of hydrogen-bond acceptors (Lipinski definition) is 3. The summed E-state index contributed by atoms with van der Waals surface area (Å²) in [5.41, 5.74) is 3.89. The van der Waals surface area contributed by atoms with Gasteiger partial charge in [0, 0.05) is 5.25 Å². The van der Waals surface area contributed by atoms with Crippen LogP contribution in [0.5, 0.6) is 0 Å². The molecule has 1 saturated carbocycles. The zero-order valence-electron chi connectivity index (χ0n) is 13.9. The predicted molar refractivity (Wildman–Crippen MR) is 101 cm³/mol. The lowest BCUT2D eigenvalue weighted by molar-refractivity contribution is -0.134. The highest BCUT2D eigenvalue weighted by molar-refractivity contribution is 7.99. The summed E-state index contributed by atoms with van der Waals surface area (Å²) >= 11 is 1.96. The van der Waals surface area contributed by atoms with Gasteiger partial charge in [0.15, 0.2) is 0 Å². The van der Waals surface area contributed by atoms with Crippen molar-refractivity contribution in [1.29, 1.82) is 0 Å². The Morgan fingerprint density at radius 3 is 2.42 bits per heavy atom. The Morgan fingerprint density at radius 2 is 1.67 bits per heavy atom. The Hall–Kier alpha value is -1.74. The molecule has 2 nitrogen and oxygen atoms in total. The number of rotatable bonds is 7. The van der Waals surface area contributed by atoms with E-state index in [1.807, 2.05) is 17.8 Å². The van der Waals surface area contributed by atoms with Gasteiger partial charge in [-0.3, -0.25) is 4.79 Å². The highest BCUT2D eigenvalue weighted by atomic mass is 32.2. The van der Waals surface area contributed by atoms with E-state index in [1.165, 1.54) is 29.5 Å². The Morgan fingerprint density at radius 1 is 0.958 bits per heavy atom. The third-order valence-electron chi connectivity index (χ3n) is 4.66. The standard InChI is InChI=1S/C21H24O2S/c22-16-23-20-8-4-5-9-21(20)24-15-14-17-10-12-19(13-11-17)18-6-2-1-3-7-18/h1-3,6-7,10-13,16,20-21H,4-5,8-9,14-15H2. The fourth-order valence-electron chi connectivity index (χ4n) is 3.30. The van der Waals surface area contributed by atoms with Crippen molar-refractivity contribution in [1.82, 2.24) is 0 Å². The molecule has 0 heterocycles. The zero-order valence-corrected chi connectivity index (χ0v) is 14.7. The van der Waals surface area contributed by atoms with E-state index in [2.05, 4.69) is 48.5 Å². The summed E-state index contributed by atoms with van der Waals surface area (Å²) in [7, 11) is 0. The number of ether oxygens (including phenoxy) is 1. The minimum Gasteiger partial charge on any atom is -0.463 e. The van der Waals surface area contributed by atoms with Crippen molar-refractivity contribution in [3.05, 3.63) is 60.2 Å². The summed E-state index contributed by atoms with van der Waals surface area (Å²) in [4.78, 5) is 10.6. The van der Waals surface area contributed by atoms with E-state index >= 15 is 0 Å². The van der Waals surface area contributed by atoms with Crippen LogP contribution in [0.1, 0.15) is 31.2 Å². The summed E-state index contributed by atoms with van der Waals surface area (Å²) in [6.45, 7) is 0.617. The highest BCUT2D eigenvalue weighted by Gasteiger charge is 2.26. The maximum absolute atomic E-state index is 10.6. The molecule has 0 bridgehead atoms. The quantitative estimate of drug-likeness (QED) is 0.655. The molecule has 0 aliphatic heterocycles. The van der Waals surface area contributed by atoms with Gasteiger partial charge in [0.1, 0.15) is 6.10 Å². The lowest BCUT2D eigenvalue weighted by Crippen LogP contribution is -2.30. The Kier molecular flexibility index (Phi) is 6.36. The first-order chi connectivity index (χ1) is 11.9. The summed E-state index contributed by atoms with van der Waals surface area (Å²) in [6.07, 6.45) is 5.78. The third-order valence-corrected chi connectivity index (χ3v) is 6.06. The van der Waals surface area contributed by atoms with Crippen molar-refractivity contribution in [3.8, 4) is 11.1 Å². The molecule has 2 unspecified atom stereocenters. The van der Waals surface area contributed by atoms with Gasteiger partial charge in [0.25, 0.3) is 6.47 Å². The first-order valence-corrected chi connectivity index (χ1v) is 9.77. The lowest BCUT2D eigenvalue weighted by atomic mass is 9.97. The number of thioether (sulfide) groups is 1. The van der Waals surface area contributed by atoms with Crippen molar-refractivity contribution in [2.75, 3.05) is 5.75 Å². The molecule has 1 aliphatic rings. The Balaban J connectivity index is 1.50. The van der Waals surface area contributed by atoms with Crippen LogP contribution in [0.15, 0.2) is 54.6 Å². The molecular formula is C21H24O2S. The van der Waals surface area contributed by atoms with Crippen LogP contribution in [0.3, 0.4) is 0 Å². The van der Waals surface area contributed by atoms with Gasteiger partial charge >= 0.3 is 0 Å². The van der Waals surface area contributed by atoms with Crippen molar-refractivity contribution >= 4 is 18.2 Å². The van der Waals surface area contributed by atoms with Crippen LogP contribution < -0.4 is 0 Å². The van der Waals surface area contributed by atoms with Gasteiger partial charge in [-0.1, -0.05) is 61.0 Å². The summed E-state index contributed by atoms with van der Waals surface area (Å²) in [5.74, 6) is 1.08. The Labute approximate surface area is 148 Å². The normalized spacial score (nSPS) is 20.5. The minimum absolute atomic E-state index is 0.113. The molecule has 0 saturated heterocycles. The lowest BCUT2D eigenvalue weighted by Gasteiger charge is -2.29. The Bertz CT molecular complexity index is 624. The van der Waals surface area contributed by atoms with Gasteiger partial charge in [-0.15, -0.1) is 0 Å². The van der Waals surface area contributed by atoms with E-state index in [-0.39, 0.29) is 6.10 Å². The van der Waals surface area contributed by atoms with E-state index < -0.39 is 0 Å². The van der Waals surface area contributed by atoms with E-state index in [9.17, 15) is 4.79 Å². The molecule has 2 aromatic rings. The van der Waals surface area contributed by atoms with Gasteiger partial charge < -0.3 is 4.74 Å². The van der Waals surface area contributed by atoms with E-state index in [0.717, 1.165) is 25.0 Å². The van der Waals surface area contributed by atoms with Crippen molar-refractivity contribution in [3.63, 3.8) is 0 Å².